The van der Waals surface area contributed by atoms with Gasteiger partial charge in [-0.1, -0.05) is 17.7 Å². The van der Waals surface area contributed by atoms with E-state index in [0.717, 1.165) is 11.3 Å². The standard InChI is InChI=1S/C18H20N2O3/c1-12-5-7-15(8-6-12)19-11-14-9-17(22-3)18(23-4)10-16(14)20-13(2)21/h5-11H,1-4H3,(H,20,21). The highest BCUT2D eigenvalue weighted by Gasteiger charge is 2.11. The lowest BCUT2D eigenvalue weighted by Crippen LogP contribution is -2.08. The summed E-state index contributed by atoms with van der Waals surface area (Å²) in [6, 6.07) is 11.4. The summed E-state index contributed by atoms with van der Waals surface area (Å²) in [4.78, 5) is 15.8. The number of hydrogen-bond acceptors (Lipinski definition) is 4. The van der Waals surface area contributed by atoms with E-state index >= 15 is 0 Å². The zero-order valence-corrected chi connectivity index (χ0v) is 13.7. The van der Waals surface area contributed by atoms with Gasteiger partial charge in [-0.2, -0.15) is 0 Å². The quantitative estimate of drug-likeness (QED) is 0.856. The van der Waals surface area contributed by atoms with Crippen molar-refractivity contribution >= 4 is 23.5 Å². The summed E-state index contributed by atoms with van der Waals surface area (Å²) in [6.45, 7) is 3.48. The number of hydrogen-bond donors (Lipinski definition) is 1. The first kappa shape index (κ1) is 16.5. The minimum atomic E-state index is -0.165. The Morgan fingerprint density at radius 3 is 2.26 bits per heavy atom. The highest BCUT2D eigenvalue weighted by atomic mass is 16.5. The molecule has 23 heavy (non-hydrogen) atoms. The molecule has 0 spiro atoms. The first-order valence-electron chi connectivity index (χ1n) is 7.18. The van der Waals surface area contributed by atoms with Crippen molar-refractivity contribution in [1.29, 1.82) is 0 Å². The van der Waals surface area contributed by atoms with E-state index in [1.165, 1.54) is 12.5 Å². The van der Waals surface area contributed by atoms with Crippen LogP contribution in [0.25, 0.3) is 0 Å². The van der Waals surface area contributed by atoms with Crippen LogP contribution in [-0.4, -0.2) is 26.3 Å². The molecule has 0 aliphatic carbocycles. The summed E-state index contributed by atoms with van der Waals surface area (Å²) in [5.74, 6) is 0.956. The monoisotopic (exact) mass is 312 g/mol. The lowest BCUT2D eigenvalue weighted by atomic mass is 10.1. The second-order valence-corrected chi connectivity index (χ2v) is 5.07. The topological polar surface area (TPSA) is 59.9 Å². The predicted octanol–water partition coefficient (Wildman–Crippen LogP) is 3.72. The third-order valence-corrected chi connectivity index (χ3v) is 3.25. The summed E-state index contributed by atoms with van der Waals surface area (Å²) in [6.07, 6.45) is 1.69. The van der Waals surface area contributed by atoms with Crippen LogP contribution in [-0.2, 0) is 4.79 Å². The fraction of sp³-hybridized carbons (Fsp3) is 0.222. The van der Waals surface area contributed by atoms with Crippen molar-refractivity contribution < 1.29 is 14.3 Å². The number of methoxy groups -OCH3 is 2. The Kier molecular flexibility index (Phi) is 5.36. The van der Waals surface area contributed by atoms with Crippen LogP contribution in [0.3, 0.4) is 0 Å². The summed E-state index contributed by atoms with van der Waals surface area (Å²) < 4.78 is 10.6. The van der Waals surface area contributed by atoms with Gasteiger partial charge in [0.15, 0.2) is 11.5 Å². The molecule has 5 nitrogen and oxygen atoms in total. The molecule has 1 amide bonds. The van der Waals surface area contributed by atoms with Crippen molar-refractivity contribution in [3.05, 3.63) is 47.5 Å². The van der Waals surface area contributed by atoms with Gasteiger partial charge in [0.1, 0.15) is 0 Å². The Balaban J connectivity index is 2.41. The first-order valence-corrected chi connectivity index (χ1v) is 7.18. The maximum atomic E-state index is 11.4. The minimum Gasteiger partial charge on any atom is -0.493 e. The lowest BCUT2D eigenvalue weighted by Gasteiger charge is -2.13. The number of anilines is 1. The third-order valence-electron chi connectivity index (χ3n) is 3.25. The molecule has 0 heterocycles. The Labute approximate surface area is 136 Å². The van der Waals surface area contributed by atoms with Gasteiger partial charge < -0.3 is 14.8 Å². The van der Waals surface area contributed by atoms with Crippen molar-refractivity contribution in [2.45, 2.75) is 13.8 Å². The predicted molar refractivity (Wildman–Crippen MR) is 92.3 cm³/mol. The maximum absolute atomic E-state index is 11.4. The second-order valence-electron chi connectivity index (χ2n) is 5.07. The Bertz CT molecular complexity index is 722. The van der Waals surface area contributed by atoms with Gasteiger partial charge in [0, 0.05) is 24.8 Å². The van der Waals surface area contributed by atoms with Gasteiger partial charge in [0.2, 0.25) is 5.91 Å². The molecule has 0 atom stereocenters. The molecule has 0 saturated heterocycles. The number of amides is 1. The number of aryl methyl sites for hydroxylation is 1. The smallest absolute Gasteiger partial charge is 0.221 e. The van der Waals surface area contributed by atoms with Crippen molar-refractivity contribution in [1.82, 2.24) is 0 Å². The average molecular weight is 312 g/mol. The first-order chi connectivity index (χ1) is 11.0. The average Bonchev–Trinajstić information content (AvgIpc) is 2.54. The Morgan fingerprint density at radius 1 is 1.09 bits per heavy atom. The van der Waals surface area contributed by atoms with E-state index in [1.54, 1.807) is 32.6 Å². The van der Waals surface area contributed by atoms with Crippen LogP contribution in [0.15, 0.2) is 41.4 Å². The number of rotatable bonds is 5. The van der Waals surface area contributed by atoms with E-state index in [1.807, 2.05) is 31.2 Å². The molecular weight excluding hydrogens is 292 g/mol. The van der Waals surface area contributed by atoms with Crippen molar-refractivity contribution in [2.24, 2.45) is 4.99 Å². The van der Waals surface area contributed by atoms with E-state index in [4.69, 9.17) is 9.47 Å². The molecule has 0 saturated carbocycles. The van der Waals surface area contributed by atoms with Crippen LogP contribution in [0.2, 0.25) is 0 Å². The second kappa shape index (κ2) is 7.45. The number of carbonyl (C=O) groups is 1. The number of nitrogens with zero attached hydrogens (tertiary/aromatic N) is 1. The fourth-order valence-corrected chi connectivity index (χ4v) is 2.07. The molecule has 1 N–H and O–H groups in total. The number of benzene rings is 2. The summed E-state index contributed by atoms with van der Waals surface area (Å²) >= 11 is 0. The SMILES string of the molecule is COc1cc(C=Nc2ccc(C)cc2)c(NC(C)=O)cc1OC. The molecule has 5 heteroatoms. The number of nitrogens with one attached hydrogen (secondary N) is 1. The van der Waals surface area contributed by atoms with Gasteiger partial charge in [-0.3, -0.25) is 9.79 Å². The summed E-state index contributed by atoms with van der Waals surface area (Å²) in [7, 11) is 3.12. The van der Waals surface area contributed by atoms with Crippen LogP contribution < -0.4 is 14.8 Å². The molecule has 0 radical (unpaired) electrons. The molecule has 120 valence electrons. The van der Waals surface area contributed by atoms with E-state index in [0.29, 0.717) is 17.2 Å². The van der Waals surface area contributed by atoms with E-state index in [2.05, 4.69) is 10.3 Å². The summed E-state index contributed by atoms with van der Waals surface area (Å²) in [5.41, 5.74) is 3.36. The maximum Gasteiger partial charge on any atom is 0.221 e. The Morgan fingerprint density at radius 2 is 1.70 bits per heavy atom. The van der Waals surface area contributed by atoms with Crippen molar-refractivity contribution in [3.8, 4) is 11.5 Å². The van der Waals surface area contributed by atoms with E-state index in [-0.39, 0.29) is 5.91 Å². The van der Waals surface area contributed by atoms with Gasteiger partial charge in [0.05, 0.1) is 25.6 Å². The molecule has 2 rings (SSSR count). The molecule has 0 aromatic heterocycles. The number of aliphatic imine (C=N–C) groups is 1. The summed E-state index contributed by atoms with van der Waals surface area (Å²) in [5, 5.41) is 2.78. The zero-order chi connectivity index (χ0) is 16.8. The molecule has 2 aromatic carbocycles. The molecule has 0 fully saturated rings. The van der Waals surface area contributed by atoms with Crippen molar-refractivity contribution in [3.63, 3.8) is 0 Å². The van der Waals surface area contributed by atoms with Gasteiger partial charge >= 0.3 is 0 Å². The van der Waals surface area contributed by atoms with Crippen LogP contribution in [0, 0.1) is 6.92 Å². The Hall–Kier alpha value is -2.82. The van der Waals surface area contributed by atoms with E-state index < -0.39 is 0 Å². The van der Waals surface area contributed by atoms with Crippen LogP contribution in [0.5, 0.6) is 11.5 Å². The van der Waals surface area contributed by atoms with Gasteiger partial charge in [0.25, 0.3) is 0 Å². The number of ether oxygens (including phenoxy) is 2. The van der Waals surface area contributed by atoms with Crippen LogP contribution >= 0.6 is 0 Å². The molecule has 2 aromatic rings. The minimum absolute atomic E-state index is 0.165. The highest BCUT2D eigenvalue weighted by molar-refractivity contribution is 5.98. The molecular formula is C18H20N2O3. The van der Waals surface area contributed by atoms with Crippen molar-refractivity contribution in [2.75, 3.05) is 19.5 Å². The van der Waals surface area contributed by atoms with Crippen LogP contribution in [0.1, 0.15) is 18.1 Å². The highest BCUT2D eigenvalue weighted by Crippen LogP contribution is 2.33. The fourth-order valence-electron chi connectivity index (χ4n) is 2.07. The zero-order valence-electron chi connectivity index (χ0n) is 13.7. The normalized spacial score (nSPS) is 10.6. The third kappa shape index (κ3) is 4.32. The number of carbonyl (C=O) groups excluding carboxylic acids is 1. The largest absolute Gasteiger partial charge is 0.493 e. The molecule has 0 aliphatic heterocycles. The molecule has 0 unspecified atom stereocenters. The lowest BCUT2D eigenvalue weighted by molar-refractivity contribution is -0.114. The van der Waals surface area contributed by atoms with Gasteiger partial charge in [-0.05, 0) is 25.1 Å². The van der Waals surface area contributed by atoms with Gasteiger partial charge in [-0.15, -0.1) is 0 Å². The molecule has 0 aliphatic rings. The van der Waals surface area contributed by atoms with E-state index in [9.17, 15) is 4.79 Å². The molecule has 0 bridgehead atoms. The van der Waals surface area contributed by atoms with Gasteiger partial charge in [-0.25, -0.2) is 0 Å². The van der Waals surface area contributed by atoms with Crippen LogP contribution in [0.4, 0.5) is 11.4 Å².